The molecule has 0 saturated heterocycles. The minimum absolute atomic E-state index is 0.108. The standard InChI is InChI=1S/C12H18BrN3O/c1-15-11(6-8-14-15)12(17)16(9-7-13)10-4-2-3-5-10/h6,8,10H,2-5,7,9H2,1H3. The van der Waals surface area contributed by atoms with E-state index in [4.69, 9.17) is 0 Å². The molecule has 1 amide bonds. The fraction of sp³-hybridized carbons (Fsp3) is 0.667. The molecule has 2 rings (SSSR count). The summed E-state index contributed by atoms with van der Waals surface area (Å²) in [6, 6.07) is 2.20. The van der Waals surface area contributed by atoms with E-state index in [1.807, 2.05) is 11.9 Å². The van der Waals surface area contributed by atoms with Crippen molar-refractivity contribution in [3.05, 3.63) is 18.0 Å². The van der Waals surface area contributed by atoms with Gasteiger partial charge in [-0.3, -0.25) is 9.48 Å². The van der Waals surface area contributed by atoms with Gasteiger partial charge in [-0.15, -0.1) is 0 Å². The van der Waals surface area contributed by atoms with Gasteiger partial charge >= 0.3 is 0 Å². The fourth-order valence-corrected chi connectivity index (χ4v) is 2.87. The van der Waals surface area contributed by atoms with Crippen LogP contribution in [-0.4, -0.2) is 38.5 Å². The molecule has 0 bridgehead atoms. The van der Waals surface area contributed by atoms with E-state index in [2.05, 4.69) is 21.0 Å². The van der Waals surface area contributed by atoms with Crippen molar-refractivity contribution in [2.45, 2.75) is 31.7 Å². The van der Waals surface area contributed by atoms with Crippen LogP contribution >= 0.6 is 15.9 Å². The number of aryl methyl sites for hydroxylation is 1. The van der Waals surface area contributed by atoms with Crippen LogP contribution in [0.1, 0.15) is 36.2 Å². The largest absolute Gasteiger partial charge is 0.334 e. The van der Waals surface area contributed by atoms with Gasteiger partial charge in [0.1, 0.15) is 5.69 Å². The summed E-state index contributed by atoms with van der Waals surface area (Å²) in [6.07, 6.45) is 6.42. The van der Waals surface area contributed by atoms with Crippen LogP contribution in [0.3, 0.4) is 0 Å². The molecule has 94 valence electrons. The number of alkyl halides is 1. The molecule has 1 saturated carbocycles. The van der Waals surface area contributed by atoms with Crippen LogP contribution in [0.4, 0.5) is 0 Å². The zero-order valence-electron chi connectivity index (χ0n) is 10.1. The van der Waals surface area contributed by atoms with E-state index >= 15 is 0 Å². The molecule has 1 aliphatic rings. The van der Waals surface area contributed by atoms with Crippen molar-refractivity contribution in [1.29, 1.82) is 0 Å². The van der Waals surface area contributed by atoms with Crippen molar-refractivity contribution in [3.8, 4) is 0 Å². The summed E-state index contributed by atoms with van der Waals surface area (Å²) < 4.78 is 1.65. The van der Waals surface area contributed by atoms with Crippen LogP contribution in [-0.2, 0) is 7.05 Å². The molecule has 0 unspecified atom stereocenters. The first-order valence-electron chi connectivity index (χ1n) is 6.09. The average molecular weight is 300 g/mol. The molecule has 4 nitrogen and oxygen atoms in total. The molecule has 0 aromatic carbocycles. The van der Waals surface area contributed by atoms with Crippen LogP contribution in [0.25, 0.3) is 0 Å². The molecule has 0 aliphatic heterocycles. The van der Waals surface area contributed by atoms with Gasteiger partial charge in [0.05, 0.1) is 0 Å². The van der Waals surface area contributed by atoms with E-state index in [1.54, 1.807) is 16.9 Å². The molecule has 0 spiro atoms. The highest BCUT2D eigenvalue weighted by atomic mass is 79.9. The summed E-state index contributed by atoms with van der Waals surface area (Å²) in [5.41, 5.74) is 0.679. The van der Waals surface area contributed by atoms with E-state index in [0.29, 0.717) is 11.7 Å². The molecule has 0 radical (unpaired) electrons. The number of hydrogen-bond acceptors (Lipinski definition) is 2. The Balaban J connectivity index is 2.15. The number of nitrogens with zero attached hydrogens (tertiary/aromatic N) is 3. The molecule has 1 aromatic heterocycles. The van der Waals surface area contributed by atoms with Gasteiger partial charge in [-0.2, -0.15) is 5.10 Å². The van der Waals surface area contributed by atoms with Crippen molar-refractivity contribution in [2.75, 3.05) is 11.9 Å². The summed E-state index contributed by atoms with van der Waals surface area (Å²) in [5.74, 6) is 0.108. The topological polar surface area (TPSA) is 38.1 Å². The lowest BCUT2D eigenvalue weighted by Gasteiger charge is -2.28. The summed E-state index contributed by atoms with van der Waals surface area (Å²) in [7, 11) is 1.81. The Bertz CT molecular complexity index is 385. The maximum Gasteiger partial charge on any atom is 0.272 e. The molecule has 5 heteroatoms. The third-order valence-corrected chi connectivity index (χ3v) is 3.75. The predicted octanol–water partition coefficient (Wildman–Crippen LogP) is 2.20. The minimum atomic E-state index is 0.108. The molecule has 1 fully saturated rings. The predicted molar refractivity (Wildman–Crippen MR) is 70.3 cm³/mol. The lowest BCUT2D eigenvalue weighted by atomic mass is 10.2. The first-order valence-corrected chi connectivity index (χ1v) is 7.21. The van der Waals surface area contributed by atoms with Crippen molar-refractivity contribution in [2.24, 2.45) is 7.05 Å². The number of hydrogen-bond donors (Lipinski definition) is 0. The highest BCUT2D eigenvalue weighted by molar-refractivity contribution is 9.09. The van der Waals surface area contributed by atoms with Gasteiger partial charge in [0, 0.05) is 31.2 Å². The number of amides is 1. The average Bonchev–Trinajstić information content (AvgIpc) is 2.95. The van der Waals surface area contributed by atoms with E-state index in [9.17, 15) is 4.79 Å². The summed E-state index contributed by atoms with van der Waals surface area (Å²) in [6.45, 7) is 0.773. The number of carbonyl (C=O) groups is 1. The van der Waals surface area contributed by atoms with Crippen molar-refractivity contribution < 1.29 is 4.79 Å². The number of aromatic nitrogens is 2. The zero-order valence-corrected chi connectivity index (χ0v) is 11.7. The van der Waals surface area contributed by atoms with E-state index in [1.165, 1.54) is 12.8 Å². The number of rotatable bonds is 4. The normalized spacial score (nSPS) is 16.4. The van der Waals surface area contributed by atoms with Gasteiger partial charge in [0.2, 0.25) is 0 Å². The Hall–Kier alpha value is -0.840. The molecule has 0 N–H and O–H groups in total. The van der Waals surface area contributed by atoms with Crippen molar-refractivity contribution in [3.63, 3.8) is 0 Å². The van der Waals surface area contributed by atoms with Crippen LogP contribution in [0.2, 0.25) is 0 Å². The van der Waals surface area contributed by atoms with Gasteiger partial charge in [-0.25, -0.2) is 0 Å². The molecular weight excluding hydrogens is 282 g/mol. The summed E-state index contributed by atoms with van der Waals surface area (Å²) in [4.78, 5) is 14.4. The molecule has 1 aromatic rings. The second-order valence-corrected chi connectivity index (χ2v) is 5.26. The first kappa shape index (κ1) is 12.6. The lowest BCUT2D eigenvalue weighted by molar-refractivity contribution is 0.0685. The third-order valence-electron chi connectivity index (χ3n) is 3.39. The van der Waals surface area contributed by atoms with Gasteiger partial charge in [-0.05, 0) is 18.9 Å². The quantitative estimate of drug-likeness (QED) is 0.800. The number of halogens is 1. The second-order valence-electron chi connectivity index (χ2n) is 4.47. The van der Waals surface area contributed by atoms with Gasteiger partial charge in [-0.1, -0.05) is 28.8 Å². The Morgan fingerprint density at radius 1 is 1.59 bits per heavy atom. The molecule has 0 atom stereocenters. The Labute approximate surface area is 110 Å². The molecule has 1 heterocycles. The number of carbonyl (C=O) groups excluding carboxylic acids is 1. The van der Waals surface area contributed by atoms with E-state index in [-0.39, 0.29) is 5.91 Å². The second kappa shape index (κ2) is 5.67. The van der Waals surface area contributed by atoms with E-state index < -0.39 is 0 Å². The molecular formula is C12H18BrN3O. The van der Waals surface area contributed by atoms with Crippen LogP contribution < -0.4 is 0 Å². The highest BCUT2D eigenvalue weighted by Crippen LogP contribution is 2.24. The first-order chi connectivity index (χ1) is 8.24. The monoisotopic (exact) mass is 299 g/mol. The van der Waals surface area contributed by atoms with Crippen LogP contribution in [0.5, 0.6) is 0 Å². The van der Waals surface area contributed by atoms with Crippen LogP contribution in [0, 0.1) is 0 Å². The Morgan fingerprint density at radius 2 is 2.29 bits per heavy atom. The highest BCUT2D eigenvalue weighted by Gasteiger charge is 2.28. The zero-order chi connectivity index (χ0) is 12.3. The van der Waals surface area contributed by atoms with Crippen molar-refractivity contribution in [1.82, 2.24) is 14.7 Å². The van der Waals surface area contributed by atoms with Crippen molar-refractivity contribution >= 4 is 21.8 Å². The Kier molecular flexibility index (Phi) is 4.20. The third kappa shape index (κ3) is 2.70. The van der Waals surface area contributed by atoms with Gasteiger partial charge in [0.15, 0.2) is 0 Å². The fourth-order valence-electron chi connectivity index (χ4n) is 2.49. The Morgan fingerprint density at radius 3 is 2.82 bits per heavy atom. The summed E-state index contributed by atoms with van der Waals surface area (Å²) in [5, 5.41) is 4.89. The molecule has 17 heavy (non-hydrogen) atoms. The minimum Gasteiger partial charge on any atom is -0.334 e. The maximum atomic E-state index is 12.4. The van der Waals surface area contributed by atoms with Gasteiger partial charge in [0.25, 0.3) is 5.91 Å². The SMILES string of the molecule is Cn1nccc1C(=O)N(CCBr)C1CCCC1. The summed E-state index contributed by atoms with van der Waals surface area (Å²) >= 11 is 3.43. The molecule has 1 aliphatic carbocycles. The van der Waals surface area contributed by atoms with Gasteiger partial charge < -0.3 is 4.90 Å². The maximum absolute atomic E-state index is 12.4. The van der Waals surface area contributed by atoms with E-state index in [0.717, 1.165) is 24.7 Å². The van der Waals surface area contributed by atoms with Crippen LogP contribution in [0.15, 0.2) is 12.3 Å². The lowest BCUT2D eigenvalue weighted by Crippen LogP contribution is -2.40. The smallest absolute Gasteiger partial charge is 0.272 e.